The van der Waals surface area contributed by atoms with Crippen molar-refractivity contribution in [3.05, 3.63) is 24.3 Å². The Morgan fingerprint density at radius 2 is 0.830 bits per heavy atom. The minimum atomic E-state index is -1.28. The van der Waals surface area contributed by atoms with Crippen LogP contribution in [-0.2, 0) is 4.79 Å². The Morgan fingerprint density at radius 1 is 0.472 bits per heavy atom. The molecule has 1 amide bonds. The first-order chi connectivity index (χ1) is 26.0. The molecule has 53 heavy (non-hydrogen) atoms. The predicted octanol–water partition coefficient (Wildman–Crippen LogP) is 12.4. The average molecular weight is 750 g/mol. The summed E-state index contributed by atoms with van der Waals surface area (Å²) in [6, 6.07) is -1.00. The van der Waals surface area contributed by atoms with Crippen molar-refractivity contribution in [3.8, 4) is 0 Å². The lowest BCUT2D eigenvalue weighted by molar-refractivity contribution is -0.132. The Hall–Kier alpha value is -1.21. The van der Waals surface area contributed by atoms with Crippen LogP contribution in [0.3, 0.4) is 0 Å². The zero-order chi connectivity index (χ0) is 38.9. The smallest absolute Gasteiger partial charge is 0.249 e. The van der Waals surface area contributed by atoms with Crippen LogP contribution in [0.2, 0.25) is 0 Å². The van der Waals surface area contributed by atoms with Crippen LogP contribution < -0.4 is 5.32 Å². The maximum absolute atomic E-state index is 12.5. The minimum absolute atomic E-state index is 0.364. The molecule has 5 N–H and O–H groups in total. The summed E-state index contributed by atoms with van der Waals surface area (Å²) in [4.78, 5) is 12.5. The van der Waals surface area contributed by atoms with Gasteiger partial charge >= 0.3 is 0 Å². The van der Waals surface area contributed by atoms with Gasteiger partial charge in [-0.2, -0.15) is 0 Å². The van der Waals surface area contributed by atoms with Gasteiger partial charge in [-0.15, -0.1) is 0 Å². The van der Waals surface area contributed by atoms with Crippen LogP contribution in [0.1, 0.15) is 239 Å². The molecule has 0 fully saturated rings. The van der Waals surface area contributed by atoms with Gasteiger partial charge in [-0.3, -0.25) is 4.79 Å². The Kier molecular flexibility index (Phi) is 41.0. The van der Waals surface area contributed by atoms with Gasteiger partial charge in [0, 0.05) is 0 Å². The number of nitrogens with one attached hydrogen (secondary N) is 1. The molecule has 0 aromatic rings. The topological polar surface area (TPSA) is 110 Å². The van der Waals surface area contributed by atoms with Crippen LogP contribution in [0, 0.1) is 0 Å². The lowest BCUT2D eigenvalue weighted by Gasteiger charge is -2.27. The first kappa shape index (κ1) is 51.8. The van der Waals surface area contributed by atoms with Gasteiger partial charge in [0.2, 0.25) is 5.91 Å². The van der Waals surface area contributed by atoms with E-state index in [1.54, 1.807) is 0 Å². The predicted molar refractivity (Wildman–Crippen MR) is 228 cm³/mol. The molecule has 4 atom stereocenters. The third-order valence-corrected chi connectivity index (χ3v) is 10.9. The molecule has 314 valence electrons. The molecule has 4 unspecified atom stereocenters. The highest BCUT2D eigenvalue weighted by atomic mass is 16.3. The molecule has 6 heteroatoms. The van der Waals surface area contributed by atoms with E-state index in [1.165, 1.54) is 161 Å². The van der Waals surface area contributed by atoms with Crippen LogP contribution in [0.4, 0.5) is 0 Å². The van der Waals surface area contributed by atoms with Crippen molar-refractivity contribution in [2.24, 2.45) is 0 Å². The summed E-state index contributed by atoms with van der Waals surface area (Å²) in [6.45, 7) is 3.91. The zero-order valence-corrected chi connectivity index (χ0v) is 35.3. The lowest BCUT2D eigenvalue weighted by atomic mass is 10.00. The number of unbranched alkanes of at least 4 members (excludes halogenated alkanes) is 29. The van der Waals surface area contributed by atoms with Gasteiger partial charge < -0.3 is 25.7 Å². The molecular weight excluding hydrogens is 659 g/mol. The van der Waals surface area contributed by atoms with E-state index in [0.29, 0.717) is 19.3 Å². The normalized spacial score (nSPS) is 14.3. The standard InChI is InChI=1S/C47H91NO5/c1-3-5-7-9-11-13-14-15-16-17-18-19-20-21-22-23-24-25-26-27-28-29-30-31-33-35-37-39-41-45(51)47(53)48-43(42-49)46(52)44(50)40-38-36-34-32-12-10-8-6-4-2/h6,8,32,34,43-46,49-52H,3-5,7,9-31,33,35-42H2,1-2H3,(H,48,53)/b8-6+,34-32+. The summed E-state index contributed by atoms with van der Waals surface area (Å²) in [7, 11) is 0. The first-order valence-corrected chi connectivity index (χ1v) is 23.2. The van der Waals surface area contributed by atoms with Crippen LogP contribution in [0.15, 0.2) is 24.3 Å². The van der Waals surface area contributed by atoms with E-state index in [4.69, 9.17) is 0 Å². The molecule has 0 saturated heterocycles. The highest BCUT2D eigenvalue weighted by Gasteiger charge is 2.28. The van der Waals surface area contributed by atoms with Crippen molar-refractivity contribution in [2.75, 3.05) is 6.61 Å². The van der Waals surface area contributed by atoms with Gasteiger partial charge in [-0.25, -0.2) is 0 Å². The SMILES string of the molecule is CC/C=C/CC/C=C/CCCC(O)C(O)C(CO)NC(=O)C(O)CCCCCCCCCCCCCCCCCCCCCCCCCCCCCC. The van der Waals surface area contributed by atoms with E-state index in [2.05, 4.69) is 43.5 Å². The molecule has 0 saturated carbocycles. The fraction of sp³-hybridized carbons (Fsp3) is 0.894. The van der Waals surface area contributed by atoms with Crippen molar-refractivity contribution in [1.82, 2.24) is 5.32 Å². The number of rotatable bonds is 42. The maximum atomic E-state index is 12.5. The summed E-state index contributed by atoms with van der Waals surface area (Å²) in [6.07, 6.45) is 48.3. The number of aliphatic hydroxyl groups excluding tert-OH is 4. The van der Waals surface area contributed by atoms with Gasteiger partial charge in [0.15, 0.2) is 0 Å². The molecule has 0 aliphatic carbocycles. The van der Waals surface area contributed by atoms with Crippen LogP contribution in [0.25, 0.3) is 0 Å². The third kappa shape index (κ3) is 36.2. The Morgan fingerprint density at radius 3 is 1.21 bits per heavy atom. The number of hydrogen-bond acceptors (Lipinski definition) is 5. The van der Waals surface area contributed by atoms with Gasteiger partial charge in [0.25, 0.3) is 0 Å². The largest absolute Gasteiger partial charge is 0.394 e. The molecule has 0 bridgehead atoms. The van der Waals surface area contributed by atoms with Crippen molar-refractivity contribution < 1.29 is 25.2 Å². The first-order valence-electron chi connectivity index (χ1n) is 23.2. The van der Waals surface area contributed by atoms with Crippen LogP contribution >= 0.6 is 0 Å². The van der Waals surface area contributed by atoms with Gasteiger partial charge in [0.05, 0.1) is 18.8 Å². The van der Waals surface area contributed by atoms with E-state index in [1.807, 2.05) is 0 Å². The fourth-order valence-electron chi connectivity index (χ4n) is 7.25. The third-order valence-electron chi connectivity index (χ3n) is 10.9. The Balaban J connectivity index is 3.56. The highest BCUT2D eigenvalue weighted by molar-refractivity contribution is 5.80. The minimum Gasteiger partial charge on any atom is -0.394 e. The maximum Gasteiger partial charge on any atom is 0.249 e. The molecule has 0 aliphatic rings. The van der Waals surface area contributed by atoms with Crippen LogP contribution in [0.5, 0.6) is 0 Å². The summed E-state index contributed by atoms with van der Waals surface area (Å²) >= 11 is 0. The second kappa shape index (κ2) is 41.9. The number of carbonyl (C=O) groups is 1. The number of hydrogen-bond donors (Lipinski definition) is 5. The number of allylic oxidation sites excluding steroid dienone is 4. The van der Waals surface area contributed by atoms with E-state index in [9.17, 15) is 25.2 Å². The number of amides is 1. The van der Waals surface area contributed by atoms with E-state index in [-0.39, 0.29) is 0 Å². The molecule has 0 aromatic heterocycles. The number of aliphatic hydroxyl groups is 4. The van der Waals surface area contributed by atoms with Crippen molar-refractivity contribution in [3.63, 3.8) is 0 Å². The van der Waals surface area contributed by atoms with Crippen molar-refractivity contribution in [2.45, 2.75) is 263 Å². The summed E-state index contributed by atoms with van der Waals surface area (Å²) in [5, 5.41) is 43.4. The Bertz CT molecular complexity index is 802. The second-order valence-electron chi connectivity index (χ2n) is 16.1. The van der Waals surface area contributed by atoms with Gasteiger partial charge in [-0.05, 0) is 44.9 Å². The highest BCUT2D eigenvalue weighted by Crippen LogP contribution is 2.17. The van der Waals surface area contributed by atoms with E-state index in [0.717, 1.165) is 44.9 Å². The summed E-state index contributed by atoms with van der Waals surface area (Å²) < 4.78 is 0. The lowest BCUT2D eigenvalue weighted by Crippen LogP contribution is -2.53. The van der Waals surface area contributed by atoms with Crippen LogP contribution in [-0.4, -0.2) is 57.3 Å². The number of carbonyl (C=O) groups excluding carboxylic acids is 1. The fourth-order valence-corrected chi connectivity index (χ4v) is 7.25. The molecular formula is C47H91NO5. The summed E-state index contributed by atoms with van der Waals surface area (Å²) in [5.74, 6) is -0.597. The molecule has 0 radical (unpaired) electrons. The van der Waals surface area contributed by atoms with E-state index >= 15 is 0 Å². The molecule has 0 spiro atoms. The average Bonchev–Trinajstić information content (AvgIpc) is 3.16. The molecule has 0 aromatic carbocycles. The molecule has 0 rings (SSSR count). The van der Waals surface area contributed by atoms with Gasteiger partial charge in [0.1, 0.15) is 12.2 Å². The van der Waals surface area contributed by atoms with Gasteiger partial charge in [-0.1, -0.05) is 218 Å². The van der Waals surface area contributed by atoms with Crippen molar-refractivity contribution >= 4 is 5.91 Å². The zero-order valence-electron chi connectivity index (χ0n) is 35.3. The molecule has 0 aliphatic heterocycles. The quantitative estimate of drug-likeness (QED) is 0.0315. The monoisotopic (exact) mass is 750 g/mol. The Labute approximate surface area is 329 Å². The second-order valence-corrected chi connectivity index (χ2v) is 16.1. The van der Waals surface area contributed by atoms with E-state index < -0.39 is 36.9 Å². The summed E-state index contributed by atoms with van der Waals surface area (Å²) in [5.41, 5.74) is 0. The molecule has 6 nitrogen and oxygen atoms in total. The molecule has 0 heterocycles. The van der Waals surface area contributed by atoms with Crippen molar-refractivity contribution in [1.29, 1.82) is 0 Å².